The van der Waals surface area contributed by atoms with Gasteiger partial charge >= 0.3 is 11.9 Å². The van der Waals surface area contributed by atoms with E-state index in [1.807, 2.05) is 0 Å². The second kappa shape index (κ2) is 3.31. The molecule has 0 amide bonds. The van der Waals surface area contributed by atoms with Crippen molar-refractivity contribution in [2.75, 3.05) is 0 Å². The van der Waals surface area contributed by atoms with Crippen LogP contribution in [0.4, 0.5) is 0 Å². The maximum atomic E-state index is 10.7. The van der Waals surface area contributed by atoms with E-state index in [4.69, 9.17) is 15.9 Å². The quantitative estimate of drug-likeness (QED) is 0.463. The number of rotatable bonds is 4. The van der Waals surface area contributed by atoms with Crippen molar-refractivity contribution in [3.63, 3.8) is 0 Å². The molecule has 0 aliphatic rings. The molecule has 0 aromatic rings. The third-order valence-corrected chi connectivity index (χ3v) is 1.44. The van der Waals surface area contributed by atoms with E-state index in [1.165, 1.54) is 0 Å². The number of Topliss-reactive ketones (excluding diaryl/α,β-unsaturated/α-hetero) is 1. The van der Waals surface area contributed by atoms with Crippen LogP contribution in [0.2, 0.25) is 0 Å². The first-order valence-corrected chi connectivity index (χ1v) is 3.06. The average Bonchev–Trinajstić information content (AvgIpc) is 1.84. The first kappa shape index (κ1) is 10.6. The standard InChI is InChI=1S/C6H9NO5/c1-3(8)6(7,5(11)12)2-4(9)10/h2,7H2,1H3,(H,9,10)(H,11,12)/t6-/m0/s1. The predicted molar refractivity (Wildman–Crippen MR) is 37.5 cm³/mol. The van der Waals surface area contributed by atoms with Gasteiger partial charge in [0.15, 0.2) is 11.3 Å². The Bertz CT molecular complexity index is 220. The molecular formula is C6H9NO5. The number of ketones is 1. The summed E-state index contributed by atoms with van der Waals surface area (Å²) in [4.78, 5) is 31.2. The first-order valence-electron chi connectivity index (χ1n) is 3.06. The van der Waals surface area contributed by atoms with E-state index in [9.17, 15) is 14.4 Å². The fourth-order valence-electron chi connectivity index (χ4n) is 0.589. The highest BCUT2D eigenvalue weighted by Crippen LogP contribution is 2.08. The number of aliphatic carboxylic acids is 2. The van der Waals surface area contributed by atoms with Gasteiger partial charge in [0.1, 0.15) is 0 Å². The summed E-state index contributed by atoms with van der Waals surface area (Å²) in [5.41, 5.74) is 2.75. The van der Waals surface area contributed by atoms with Gasteiger partial charge in [0.2, 0.25) is 0 Å². The molecule has 6 heteroatoms. The van der Waals surface area contributed by atoms with Crippen LogP contribution in [0.1, 0.15) is 13.3 Å². The third kappa shape index (κ3) is 2.03. The molecule has 12 heavy (non-hydrogen) atoms. The number of carbonyl (C=O) groups is 3. The van der Waals surface area contributed by atoms with Crippen molar-refractivity contribution in [3.8, 4) is 0 Å². The lowest BCUT2D eigenvalue weighted by Crippen LogP contribution is -2.55. The summed E-state index contributed by atoms with van der Waals surface area (Å²) in [5.74, 6) is -3.93. The van der Waals surface area contributed by atoms with Crippen LogP contribution < -0.4 is 5.73 Å². The van der Waals surface area contributed by atoms with Crippen molar-refractivity contribution in [1.82, 2.24) is 0 Å². The molecule has 0 spiro atoms. The molecule has 1 atom stereocenters. The molecule has 0 radical (unpaired) electrons. The van der Waals surface area contributed by atoms with Gasteiger partial charge in [-0.2, -0.15) is 0 Å². The Balaban J connectivity index is 4.75. The molecule has 4 N–H and O–H groups in total. The lowest BCUT2D eigenvalue weighted by molar-refractivity contribution is -0.153. The average molecular weight is 175 g/mol. The molecule has 0 fully saturated rings. The summed E-state index contributed by atoms with van der Waals surface area (Å²) in [6.45, 7) is 0.942. The van der Waals surface area contributed by atoms with Gasteiger partial charge in [0, 0.05) is 0 Å². The summed E-state index contributed by atoms with van der Waals surface area (Å²) in [6, 6.07) is 0. The lowest BCUT2D eigenvalue weighted by atomic mass is 9.92. The zero-order valence-electron chi connectivity index (χ0n) is 6.40. The minimum absolute atomic E-state index is 0.877. The van der Waals surface area contributed by atoms with E-state index in [1.54, 1.807) is 0 Å². The van der Waals surface area contributed by atoms with Crippen LogP contribution in [0, 0.1) is 0 Å². The molecule has 0 aliphatic heterocycles. The number of hydrogen-bond donors (Lipinski definition) is 3. The molecule has 0 bridgehead atoms. The van der Waals surface area contributed by atoms with Gasteiger partial charge in [-0.1, -0.05) is 0 Å². The molecule has 0 unspecified atom stereocenters. The number of hydrogen-bond acceptors (Lipinski definition) is 4. The molecular weight excluding hydrogens is 166 g/mol. The SMILES string of the molecule is CC(=O)[C@@](N)(CC(=O)O)C(=O)O. The van der Waals surface area contributed by atoms with Gasteiger partial charge in [-0.05, 0) is 6.92 Å². The smallest absolute Gasteiger partial charge is 0.332 e. The predicted octanol–water partition coefficient (Wildman–Crippen LogP) is -1.17. The minimum Gasteiger partial charge on any atom is -0.481 e. The minimum atomic E-state index is -2.30. The molecule has 0 aromatic carbocycles. The molecule has 68 valence electrons. The highest BCUT2D eigenvalue weighted by Gasteiger charge is 2.41. The Kier molecular flexibility index (Phi) is 2.92. The zero-order valence-corrected chi connectivity index (χ0v) is 6.40. The van der Waals surface area contributed by atoms with Crippen molar-refractivity contribution < 1.29 is 24.6 Å². The third-order valence-electron chi connectivity index (χ3n) is 1.44. The van der Waals surface area contributed by atoms with Crippen molar-refractivity contribution in [1.29, 1.82) is 0 Å². The number of carboxylic acid groups (broad SMARTS) is 2. The van der Waals surface area contributed by atoms with Crippen LogP contribution in [0.5, 0.6) is 0 Å². The van der Waals surface area contributed by atoms with Crippen LogP contribution in [0.25, 0.3) is 0 Å². The van der Waals surface area contributed by atoms with Crippen molar-refractivity contribution >= 4 is 17.7 Å². The number of carboxylic acids is 2. The summed E-state index contributed by atoms with van der Waals surface area (Å²) < 4.78 is 0. The molecule has 6 nitrogen and oxygen atoms in total. The second-order valence-electron chi connectivity index (χ2n) is 2.40. The summed E-state index contributed by atoms with van der Waals surface area (Å²) in [6.07, 6.45) is -0.905. The Morgan fingerprint density at radius 1 is 1.33 bits per heavy atom. The molecule has 0 rings (SSSR count). The fourth-order valence-corrected chi connectivity index (χ4v) is 0.589. The highest BCUT2D eigenvalue weighted by molar-refractivity contribution is 6.08. The summed E-state index contributed by atoms with van der Waals surface area (Å²) in [5, 5.41) is 16.7. The summed E-state index contributed by atoms with van der Waals surface area (Å²) in [7, 11) is 0. The molecule has 0 aromatic heterocycles. The van der Waals surface area contributed by atoms with Crippen LogP contribution in [0.3, 0.4) is 0 Å². The second-order valence-corrected chi connectivity index (χ2v) is 2.40. The Morgan fingerprint density at radius 3 is 1.83 bits per heavy atom. The van der Waals surface area contributed by atoms with Crippen LogP contribution in [-0.4, -0.2) is 33.5 Å². The van der Waals surface area contributed by atoms with Crippen molar-refractivity contribution in [2.24, 2.45) is 5.73 Å². The van der Waals surface area contributed by atoms with Crippen molar-refractivity contribution in [2.45, 2.75) is 18.9 Å². The maximum Gasteiger partial charge on any atom is 0.332 e. The summed E-state index contributed by atoms with van der Waals surface area (Å²) >= 11 is 0. The Hall–Kier alpha value is -1.43. The molecule has 0 saturated carbocycles. The number of nitrogens with two attached hydrogens (primary N) is 1. The van der Waals surface area contributed by atoms with E-state index in [-0.39, 0.29) is 0 Å². The molecule has 0 aliphatic carbocycles. The molecule has 0 saturated heterocycles. The Labute approximate surface area is 68.0 Å². The van der Waals surface area contributed by atoms with Gasteiger partial charge in [0.25, 0.3) is 0 Å². The van der Waals surface area contributed by atoms with E-state index >= 15 is 0 Å². The first-order chi connectivity index (χ1) is 5.30. The van der Waals surface area contributed by atoms with E-state index in [0.29, 0.717) is 0 Å². The van der Waals surface area contributed by atoms with Crippen LogP contribution in [0.15, 0.2) is 0 Å². The van der Waals surface area contributed by atoms with Crippen molar-refractivity contribution in [3.05, 3.63) is 0 Å². The highest BCUT2D eigenvalue weighted by atomic mass is 16.4. The fraction of sp³-hybridized carbons (Fsp3) is 0.500. The van der Waals surface area contributed by atoms with Gasteiger partial charge < -0.3 is 15.9 Å². The molecule has 0 heterocycles. The monoisotopic (exact) mass is 175 g/mol. The van der Waals surface area contributed by atoms with Gasteiger partial charge in [-0.3, -0.25) is 9.59 Å². The van der Waals surface area contributed by atoms with E-state index in [2.05, 4.69) is 0 Å². The van der Waals surface area contributed by atoms with E-state index < -0.39 is 29.7 Å². The Morgan fingerprint density at radius 2 is 1.75 bits per heavy atom. The van der Waals surface area contributed by atoms with Crippen LogP contribution >= 0.6 is 0 Å². The maximum absolute atomic E-state index is 10.7. The number of carbonyl (C=O) groups excluding carboxylic acids is 1. The zero-order chi connectivity index (χ0) is 9.94. The van der Waals surface area contributed by atoms with Gasteiger partial charge in [0.05, 0.1) is 6.42 Å². The topological polar surface area (TPSA) is 118 Å². The van der Waals surface area contributed by atoms with E-state index in [0.717, 1.165) is 6.92 Å². The van der Waals surface area contributed by atoms with Gasteiger partial charge in [-0.15, -0.1) is 0 Å². The normalized spacial score (nSPS) is 14.8. The van der Waals surface area contributed by atoms with Gasteiger partial charge in [-0.25, -0.2) is 4.79 Å². The lowest BCUT2D eigenvalue weighted by Gasteiger charge is -2.18. The largest absolute Gasteiger partial charge is 0.481 e. The van der Waals surface area contributed by atoms with Crippen LogP contribution in [-0.2, 0) is 14.4 Å².